The van der Waals surface area contributed by atoms with Gasteiger partial charge in [-0.1, -0.05) is 31.1 Å². The van der Waals surface area contributed by atoms with Gasteiger partial charge in [-0.3, -0.25) is 4.79 Å². The largest absolute Gasteiger partial charge is 0.395 e. The minimum Gasteiger partial charge on any atom is -0.395 e. The number of thiophene rings is 1. The van der Waals surface area contributed by atoms with E-state index in [4.69, 9.17) is 5.11 Å². The molecule has 1 aliphatic rings. The summed E-state index contributed by atoms with van der Waals surface area (Å²) in [7, 11) is 0. The van der Waals surface area contributed by atoms with Crippen LogP contribution in [0.1, 0.15) is 46.7 Å². The van der Waals surface area contributed by atoms with Crippen molar-refractivity contribution < 1.29 is 9.90 Å². The fourth-order valence-electron chi connectivity index (χ4n) is 1.99. The summed E-state index contributed by atoms with van der Waals surface area (Å²) in [6, 6.07) is 3.67. The van der Waals surface area contributed by atoms with Crippen LogP contribution in [0.2, 0.25) is 0 Å². The van der Waals surface area contributed by atoms with Crippen molar-refractivity contribution in [2.24, 2.45) is 5.92 Å². The number of hydrogen-bond acceptors (Lipinski definition) is 3. The average molecular weight is 277 g/mol. The van der Waals surface area contributed by atoms with E-state index in [0.717, 1.165) is 23.8 Å². The fourth-order valence-corrected chi connectivity index (χ4v) is 2.79. The molecule has 1 aliphatic carbocycles. The Balaban J connectivity index is 1.77. The number of amides is 1. The lowest BCUT2D eigenvalue weighted by Gasteiger charge is -2.24. The third-order valence-electron chi connectivity index (χ3n) is 3.34. The molecule has 4 heteroatoms. The van der Waals surface area contributed by atoms with E-state index >= 15 is 0 Å². The van der Waals surface area contributed by atoms with Crippen molar-refractivity contribution in [2.75, 3.05) is 13.2 Å². The Bertz CT molecular complexity index is 480. The molecule has 19 heavy (non-hydrogen) atoms. The Kier molecular flexibility index (Phi) is 5.44. The van der Waals surface area contributed by atoms with Crippen molar-refractivity contribution in [2.45, 2.75) is 32.1 Å². The molecule has 1 aromatic rings. The molecule has 1 fully saturated rings. The highest BCUT2D eigenvalue weighted by atomic mass is 32.1. The second kappa shape index (κ2) is 7.32. The Morgan fingerprint density at radius 1 is 1.47 bits per heavy atom. The Morgan fingerprint density at radius 2 is 2.32 bits per heavy atom. The highest BCUT2D eigenvalue weighted by Gasteiger charge is 2.17. The van der Waals surface area contributed by atoms with Gasteiger partial charge in [0.1, 0.15) is 0 Å². The van der Waals surface area contributed by atoms with Crippen LogP contribution in [-0.2, 0) is 0 Å². The van der Waals surface area contributed by atoms with E-state index in [1.54, 1.807) is 0 Å². The zero-order valence-corrected chi connectivity index (χ0v) is 11.8. The maximum Gasteiger partial charge on any atom is 0.261 e. The second-order valence-corrected chi connectivity index (χ2v) is 5.86. The van der Waals surface area contributed by atoms with E-state index in [1.807, 2.05) is 12.1 Å². The van der Waals surface area contributed by atoms with Crippen LogP contribution in [0.4, 0.5) is 0 Å². The molecule has 3 nitrogen and oxygen atoms in total. The molecule has 0 aliphatic heterocycles. The maximum absolute atomic E-state index is 11.9. The van der Waals surface area contributed by atoms with Gasteiger partial charge >= 0.3 is 0 Å². The molecule has 1 saturated carbocycles. The van der Waals surface area contributed by atoms with Crippen LogP contribution in [-0.4, -0.2) is 24.2 Å². The summed E-state index contributed by atoms with van der Waals surface area (Å²) >= 11 is 1.40. The summed E-state index contributed by atoms with van der Waals surface area (Å²) < 4.78 is 0. The highest BCUT2D eigenvalue weighted by molar-refractivity contribution is 7.14. The predicted octanol–water partition coefficient (Wildman–Crippen LogP) is 2.40. The van der Waals surface area contributed by atoms with E-state index in [1.165, 1.54) is 30.6 Å². The summed E-state index contributed by atoms with van der Waals surface area (Å²) in [5.41, 5.74) is 0. The summed E-state index contributed by atoms with van der Waals surface area (Å²) in [5.74, 6) is 6.62. The monoisotopic (exact) mass is 277 g/mol. The molecule has 2 rings (SSSR count). The molecule has 0 aromatic carbocycles. The molecule has 1 amide bonds. The zero-order chi connectivity index (χ0) is 13.5. The van der Waals surface area contributed by atoms with Crippen molar-refractivity contribution in [1.82, 2.24) is 5.32 Å². The van der Waals surface area contributed by atoms with E-state index in [0.29, 0.717) is 11.3 Å². The summed E-state index contributed by atoms with van der Waals surface area (Å²) in [6.45, 7) is 0.847. The van der Waals surface area contributed by atoms with Crippen molar-refractivity contribution in [3.63, 3.8) is 0 Å². The lowest BCUT2D eigenvalue weighted by molar-refractivity contribution is 0.0953. The van der Waals surface area contributed by atoms with Gasteiger partial charge in [-0.15, -0.1) is 11.3 Å². The minimum atomic E-state index is -0.000434. The number of nitrogens with one attached hydrogen (secondary N) is 1. The minimum absolute atomic E-state index is 0.000434. The number of rotatable bonds is 5. The first-order valence-corrected chi connectivity index (χ1v) is 7.59. The molecule has 0 saturated heterocycles. The van der Waals surface area contributed by atoms with Crippen molar-refractivity contribution in [3.05, 3.63) is 21.9 Å². The molecule has 0 atom stereocenters. The van der Waals surface area contributed by atoms with Gasteiger partial charge in [-0.05, 0) is 24.5 Å². The third-order valence-corrected chi connectivity index (χ3v) is 4.34. The van der Waals surface area contributed by atoms with Crippen LogP contribution < -0.4 is 5.32 Å². The molecule has 102 valence electrons. The SMILES string of the molecule is O=C(NCCC1CCC1)c1ccc(C#CCCO)s1. The topological polar surface area (TPSA) is 49.3 Å². The van der Waals surface area contributed by atoms with E-state index in [-0.39, 0.29) is 12.5 Å². The summed E-state index contributed by atoms with van der Waals surface area (Å²) in [4.78, 5) is 13.5. The Hall–Kier alpha value is -1.31. The Morgan fingerprint density at radius 3 is 3.00 bits per heavy atom. The van der Waals surface area contributed by atoms with Crippen LogP contribution in [0.5, 0.6) is 0 Å². The van der Waals surface area contributed by atoms with Crippen molar-refractivity contribution >= 4 is 17.2 Å². The van der Waals surface area contributed by atoms with Gasteiger partial charge in [-0.25, -0.2) is 0 Å². The Labute approximate surface area is 118 Å². The van der Waals surface area contributed by atoms with Gasteiger partial charge < -0.3 is 10.4 Å². The maximum atomic E-state index is 11.9. The standard InChI is InChI=1S/C15H19NO2S/c17-11-2-1-6-13-7-8-14(19-13)15(18)16-10-9-12-4-3-5-12/h7-8,12,17H,2-5,9-11H2,(H,16,18). The zero-order valence-electron chi connectivity index (χ0n) is 10.9. The number of carbonyl (C=O) groups excluding carboxylic acids is 1. The highest BCUT2D eigenvalue weighted by Crippen LogP contribution is 2.28. The molecule has 0 spiro atoms. The molecule has 0 radical (unpaired) electrons. The van der Waals surface area contributed by atoms with Gasteiger partial charge in [0, 0.05) is 13.0 Å². The van der Waals surface area contributed by atoms with Crippen LogP contribution in [0.3, 0.4) is 0 Å². The van der Waals surface area contributed by atoms with Gasteiger partial charge in [0.25, 0.3) is 5.91 Å². The summed E-state index contributed by atoms with van der Waals surface area (Å²) in [5, 5.41) is 11.6. The average Bonchev–Trinajstić information content (AvgIpc) is 2.81. The normalized spacial score (nSPS) is 14.4. The first-order valence-electron chi connectivity index (χ1n) is 6.77. The van der Waals surface area contributed by atoms with Crippen LogP contribution >= 0.6 is 11.3 Å². The fraction of sp³-hybridized carbons (Fsp3) is 0.533. The molecular formula is C15H19NO2S. The number of carbonyl (C=O) groups is 1. The van der Waals surface area contributed by atoms with Crippen LogP contribution in [0, 0.1) is 17.8 Å². The molecule has 2 N–H and O–H groups in total. The molecule has 1 heterocycles. The van der Waals surface area contributed by atoms with Crippen molar-refractivity contribution in [3.8, 4) is 11.8 Å². The molecular weight excluding hydrogens is 258 g/mol. The van der Waals surface area contributed by atoms with Gasteiger partial charge in [0.2, 0.25) is 0 Å². The van der Waals surface area contributed by atoms with E-state index < -0.39 is 0 Å². The van der Waals surface area contributed by atoms with E-state index in [9.17, 15) is 4.79 Å². The lowest BCUT2D eigenvalue weighted by atomic mass is 9.83. The van der Waals surface area contributed by atoms with E-state index in [2.05, 4.69) is 17.2 Å². The predicted molar refractivity (Wildman–Crippen MR) is 77.2 cm³/mol. The second-order valence-electron chi connectivity index (χ2n) is 4.78. The van der Waals surface area contributed by atoms with Crippen LogP contribution in [0.15, 0.2) is 12.1 Å². The van der Waals surface area contributed by atoms with Gasteiger partial charge in [-0.2, -0.15) is 0 Å². The molecule has 0 bridgehead atoms. The lowest BCUT2D eigenvalue weighted by Crippen LogP contribution is -2.26. The third kappa shape index (κ3) is 4.38. The van der Waals surface area contributed by atoms with Crippen LogP contribution in [0.25, 0.3) is 0 Å². The quantitative estimate of drug-likeness (QED) is 0.812. The van der Waals surface area contributed by atoms with Gasteiger partial charge in [0.05, 0.1) is 16.4 Å². The van der Waals surface area contributed by atoms with Gasteiger partial charge in [0.15, 0.2) is 0 Å². The van der Waals surface area contributed by atoms with Crippen molar-refractivity contribution in [1.29, 1.82) is 0 Å². The number of aliphatic hydroxyl groups is 1. The molecule has 1 aromatic heterocycles. The first-order chi connectivity index (χ1) is 9.29. The molecule has 0 unspecified atom stereocenters. The number of hydrogen-bond donors (Lipinski definition) is 2. The first kappa shape index (κ1) is 14.1. The number of aliphatic hydroxyl groups excluding tert-OH is 1. The smallest absolute Gasteiger partial charge is 0.261 e. The summed E-state index contributed by atoms with van der Waals surface area (Å²) in [6.07, 6.45) is 5.55.